The van der Waals surface area contributed by atoms with E-state index >= 15 is 0 Å². The number of hydrogen-bond acceptors (Lipinski definition) is 3. The van der Waals surface area contributed by atoms with Crippen LogP contribution in [0, 0.1) is 11.3 Å². The minimum Gasteiger partial charge on any atom is -0.207 e. The summed E-state index contributed by atoms with van der Waals surface area (Å²) in [6, 6.07) is 6.28. The van der Waals surface area contributed by atoms with Crippen molar-refractivity contribution in [3.63, 3.8) is 0 Å². The smallest absolute Gasteiger partial charge is 0.207 e. The molecule has 0 bridgehead atoms. The standard InChI is InChI=1S/C14H16Cl2N2O2S/c15-12-6-5-11(9-13(12)16)21(19,20)18-14(10-17)7-3-1-2-4-8-14/h5-6,9,18H,1-4,7-8H2. The Hall–Kier alpha value is -0.800. The van der Waals surface area contributed by atoms with E-state index < -0.39 is 15.6 Å². The van der Waals surface area contributed by atoms with Crippen LogP contribution in [-0.4, -0.2) is 14.0 Å². The highest BCUT2D eigenvalue weighted by Gasteiger charge is 2.35. The summed E-state index contributed by atoms with van der Waals surface area (Å²) in [5.41, 5.74) is -1.03. The van der Waals surface area contributed by atoms with Crippen LogP contribution in [0.2, 0.25) is 10.0 Å². The van der Waals surface area contributed by atoms with Gasteiger partial charge in [0, 0.05) is 0 Å². The molecule has 0 spiro atoms. The number of nitrogens with one attached hydrogen (secondary N) is 1. The molecule has 4 nitrogen and oxygen atoms in total. The van der Waals surface area contributed by atoms with Gasteiger partial charge in [-0.3, -0.25) is 0 Å². The molecule has 0 atom stereocenters. The zero-order valence-electron chi connectivity index (χ0n) is 11.4. The molecule has 1 aliphatic carbocycles. The molecule has 0 radical (unpaired) electrons. The fourth-order valence-corrected chi connectivity index (χ4v) is 4.29. The molecule has 0 aromatic heterocycles. The Morgan fingerprint density at radius 1 is 1.10 bits per heavy atom. The van der Waals surface area contributed by atoms with Crippen molar-refractivity contribution in [3.8, 4) is 6.07 Å². The van der Waals surface area contributed by atoms with Crippen LogP contribution in [-0.2, 0) is 10.0 Å². The number of nitrogens with zero attached hydrogens (tertiary/aromatic N) is 1. The van der Waals surface area contributed by atoms with Gasteiger partial charge in [-0.2, -0.15) is 9.98 Å². The van der Waals surface area contributed by atoms with Crippen molar-refractivity contribution in [1.82, 2.24) is 4.72 Å². The lowest BCUT2D eigenvalue weighted by Crippen LogP contribution is -2.46. The molecule has 1 aliphatic rings. The van der Waals surface area contributed by atoms with Crippen LogP contribution < -0.4 is 4.72 Å². The summed E-state index contributed by atoms with van der Waals surface area (Å²) in [6.07, 6.45) is 4.80. The second-order valence-corrected chi connectivity index (χ2v) is 7.79. The van der Waals surface area contributed by atoms with Gasteiger partial charge in [0.2, 0.25) is 10.0 Å². The third-order valence-electron chi connectivity index (χ3n) is 3.70. The molecule has 1 aromatic rings. The third kappa shape index (κ3) is 3.89. The Bertz CT molecular complexity index is 660. The summed E-state index contributed by atoms with van der Waals surface area (Å²) in [5, 5.41) is 9.92. The molecular formula is C14H16Cl2N2O2S. The van der Waals surface area contributed by atoms with E-state index in [4.69, 9.17) is 23.2 Å². The SMILES string of the molecule is N#CC1(NS(=O)(=O)c2ccc(Cl)c(Cl)c2)CCCCCC1. The molecule has 0 aliphatic heterocycles. The predicted molar refractivity (Wildman–Crippen MR) is 82.8 cm³/mol. The van der Waals surface area contributed by atoms with E-state index in [0.29, 0.717) is 17.9 Å². The Kier molecular flexibility index (Phi) is 5.15. The summed E-state index contributed by atoms with van der Waals surface area (Å²) in [4.78, 5) is 0.0239. The van der Waals surface area contributed by atoms with E-state index in [0.717, 1.165) is 25.7 Å². The van der Waals surface area contributed by atoms with Gasteiger partial charge < -0.3 is 0 Å². The number of halogens is 2. The van der Waals surface area contributed by atoms with Crippen molar-refractivity contribution in [2.45, 2.75) is 49.0 Å². The van der Waals surface area contributed by atoms with Crippen LogP contribution in [0.4, 0.5) is 0 Å². The molecule has 1 aromatic carbocycles. The van der Waals surface area contributed by atoms with Crippen molar-refractivity contribution in [3.05, 3.63) is 28.2 Å². The van der Waals surface area contributed by atoms with Crippen LogP contribution in [0.5, 0.6) is 0 Å². The first-order chi connectivity index (χ1) is 9.88. The summed E-state index contributed by atoms with van der Waals surface area (Å²) >= 11 is 11.7. The van der Waals surface area contributed by atoms with Gasteiger partial charge in [0.1, 0.15) is 5.54 Å². The molecule has 1 fully saturated rings. The van der Waals surface area contributed by atoms with Crippen molar-refractivity contribution in [2.24, 2.45) is 0 Å². The lowest BCUT2D eigenvalue weighted by Gasteiger charge is -2.26. The first-order valence-corrected chi connectivity index (χ1v) is 9.03. The fourth-order valence-electron chi connectivity index (χ4n) is 2.53. The van der Waals surface area contributed by atoms with Crippen molar-refractivity contribution in [1.29, 1.82) is 5.26 Å². The quantitative estimate of drug-likeness (QED) is 0.844. The molecule has 0 unspecified atom stereocenters. The van der Waals surface area contributed by atoms with Gasteiger partial charge in [-0.15, -0.1) is 0 Å². The van der Waals surface area contributed by atoms with Gasteiger partial charge >= 0.3 is 0 Å². The average molecular weight is 347 g/mol. The normalized spacial score (nSPS) is 18.7. The van der Waals surface area contributed by atoms with Gasteiger partial charge in [0.05, 0.1) is 21.0 Å². The third-order valence-corrected chi connectivity index (χ3v) is 5.98. The number of benzene rings is 1. The number of nitriles is 1. The minimum absolute atomic E-state index is 0.0239. The number of sulfonamides is 1. The van der Waals surface area contributed by atoms with Crippen LogP contribution in [0.25, 0.3) is 0 Å². The van der Waals surface area contributed by atoms with Crippen molar-refractivity contribution in [2.75, 3.05) is 0 Å². The summed E-state index contributed by atoms with van der Waals surface area (Å²) < 4.78 is 27.5. The summed E-state index contributed by atoms with van der Waals surface area (Å²) in [5.74, 6) is 0. The van der Waals surface area contributed by atoms with Gasteiger partial charge in [0.25, 0.3) is 0 Å². The zero-order valence-corrected chi connectivity index (χ0v) is 13.7. The molecule has 0 amide bonds. The first kappa shape index (κ1) is 16.6. The highest BCUT2D eigenvalue weighted by atomic mass is 35.5. The summed E-state index contributed by atoms with van der Waals surface area (Å²) in [6.45, 7) is 0. The van der Waals surface area contributed by atoms with Crippen molar-refractivity contribution >= 4 is 33.2 Å². The lowest BCUT2D eigenvalue weighted by molar-refractivity contribution is 0.422. The molecule has 114 valence electrons. The maximum absolute atomic E-state index is 12.5. The van der Waals surface area contributed by atoms with E-state index in [2.05, 4.69) is 10.8 Å². The fraction of sp³-hybridized carbons (Fsp3) is 0.500. The van der Waals surface area contributed by atoms with Gasteiger partial charge in [-0.1, -0.05) is 48.9 Å². The molecule has 0 heterocycles. The lowest BCUT2D eigenvalue weighted by atomic mass is 9.94. The molecule has 7 heteroatoms. The van der Waals surface area contributed by atoms with E-state index in [9.17, 15) is 13.7 Å². The second kappa shape index (κ2) is 6.53. The molecule has 1 N–H and O–H groups in total. The van der Waals surface area contributed by atoms with Crippen LogP contribution in [0.15, 0.2) is 23.1 Å². The topological polar surface area (TPSA) is 70.0 Å². The Labute approximate surface area is 135 Å². The minimum atomic E-state index is -3.80. The molecule has 0 saturated heterocycles. The number of hydrogen-bond donors (Lipinski definition) is 1. The van der Waals surface area contributed by atoms with Crippen LogP contribution in [0.3, 0.4) is 0 Å². The largest absolute Gasteiger partial charge is 0.241 e. The highest BCUT2D eigenvalue weighted by molar-refractivity contribution is 7.89. The predicted octanol–water partition coefficient (Wildman–Crippen LogP) is 3.89. The van der Waals surface area contributed by atoms with E-state index in [-0.39, 0.29) is 9.92 Å². The zero-order chi connectivity index (χ0) is 15.5. The first-order valence-electron chi connectivity index (χ1n) is 6.79. The average Bonchev–Trinajstić information content (AvgIpc) is 2.67. The highest BCUT2D eigenvalue weighted by Crippen LogP contribution is 2.30. The Morgan fingerprint density at radius 2 is 1.71 bits per heavy atom. The Morgan fingerprint density at radius 3 is 2.24 bits per heavy atom. The van der Waals surface area contributed by atoms with Crippen molar-refractivity contribution < 1.29 is 8.42 Å². The molecule has 1 saturated carbocycles. The van der Waals surface area contributed by atoms with E-state index in [1.54, 1.807) is 0 Å². The molecule has 2 rings (SSSR count). The van der Waals surface area contributed by atoms with Gasteiger partial charge in [-0.05, 0) is 31.0 Å². The van der Waals surface area contributed by atoms with Gasteiger partial charge in [0.15, 0.2) is 0 Å². The van der Waals surface area contributed by atoms with Crippen LogP contribution >= 0.6 is 23.2 Å². The van der Waals surface area contributed by atoms with Crippen LogP contribution in [0.1, 0.15) is 38.5 Å². The maximum Gasteiger partial charge on any atom is 0.241 e. The van der Waals surface area contributed by atoms with E-state index in [1.807, 2.05) is 0 Å². The Balaban J connectivity index is 2.30. The van der Waals surface area contributed by atoms with E-state index in [1.165, 1.54) is 18.2 Å². The van der Waals surface area contributed by atoms with Gasteiger partial charge in [-0.25, -0.2) is 8.42 Å². The molecule has 21 heavy (non-hydrogen) atoms. The summed E-state index contributed by atoms with van der Waals surface area (Å²) in [7, 11) is -3.80. The molecular weight excluding hydrogens is 331 g/mol. The maximum atomic E-state index is 12.5. The number of rotatable bonds is 3. The second-order valence-electron chi connectivity index (χ2n) is 5.29. The monoisotopic (exact) mass is 346 g/mol.